The molecule has 1 aromatic carbocycles. The van der Waals surface area contributed by atoms with Gasteiger partial charge in [-0.1, -0.05) is 12.2 Å². The van der Waals surface area contributed by atoms with Gasteiger partial charge in [0.1, 0.15) is 11.0 Å². The van der Waals surface area contributed by atoms with E-state index in [2.05, 4.69) is 5.32 Å². The minimum absolute atomic E-state index is 0.272. The average molecular weight is 252 g/mol. The lowest BCUT2D eigenvalue weighted by Crippen LogP contribution is -2.28. The maximum Gasteiger partial charge on any atom is 0.328 e. The number of nitrogens with two attached hydrogens (primary N) is 1. The van der Waals surface area contributed by atoms with Crippen molar-refractivity contribution in [1.29, 1.82) is 0 Å². The predicted octanol–water partition coefficient (Wildman–Crippen LogP) is 1.68. The largest absolute Gasteiger partial charge is 0.464 e. The first kappa shape index (κ1) is 13.4. The molecule has 17 heavy (non-hydrogen) atoms. The zero-order valence-electron chi connectivity index (χ0n) is 9.90. The highest BCUT2D eigenvalue weighted by molar-refractivity contribution is 7.80. The number of esters is 1. The topological polar surface area (TPSA) is 64.3 Å². The summed E-state index contributed by atoms with van der Waals surface area (Å²) in [5.74, 6) is -0.272. The fraction of sp³-hybridized carbons (Fsp3) is 0.333. The van der Waals surface area contributed by atoms with Crippen LogP contribution < -0.4 is 11.1 Å². The maximum atomic E-state index is 11.4. The Hall–Kier alpha value is -1.62. The molecule has 0 saturated heterocycles. The van der Waals surface area contributed by atoms with Crippen LogP contribution in [0.3, 0.4) is 0 Å². The molecule has 0 aromatic heterocycles. The van der Waals surface area contributed by atoms with Crippen molar-refractivity contribution in [2.45, 2.75) is 19.9 Å². The van der Waals surface area contributed by atoms with Crippen molar-refractivity contribution < 1.29 is 9.53 Å². The Balaban J connectivity index is 2.63. The third kappa shape index (κ3) is 4.03. The van der Waals surface area contributed by atoms with Gasteiger partial charge < -0.3 is 15.8 Å². The summed E-state index contributed by atoms with van der Waals surface area (Å²) in [5.41, 5.74) is 7.11. The highest BCUT2D eigenvalue weighted by Gasteiger charge is 2.13. The minimum Gasteiger partial charge on any atom is -0.464 e. The molecular formula is C12H16N2O2S. The Bertz CT molecular complexity index is 403. The highest BCUT2D eigenvalue weighted by atomic mass is 32.1. The summed E-state index contributed by atoms with van der Waals surface area (Å²) in [5, 5.41) is 3.03. The van der Waals surface area contributed by atoms with Gasteiger partial charge in [0.2, 0.25) is 0 Å². The van der Waals surface area contributed by atoms with Crippen molar-refractivity contribution >= 4 is 28.9 Å². The molecule has 1 atom stereocenters. The van der Waals surface area contributed by atoms with Crippen molar-refractivity contribution in [3.63, 3.8) is 0 Å². The molecule has 0 amide bonds. The van der Waals surface area contributed by atoms with Gasteiger partial charge in [-0.3, -0.25) is 0 Å². The first-order chi connectivity index (χ1) is 8.04. The van der Waals surface area contributed by atoms with Gasteiger partial charge in [-0.2, -0.15) is 0 Å². The van der Waals surface area contributed by atoms with Gasteiger partial charge in [0.15, 0.2) is 0 Å². The molecular weight excluding hydrogens is 236 g/mol. The van der Waals surface area contributed by atoms with Crippen molar-refractivity contribution in [2.24, 2.45) is 5.73 Å². The van der Waals surface area contributed by atoms with E-state index in [4.69, 9.17) is 22.7 Å². The maximum absolute atomic E-state index is 11.4. The first-order valence-corrected chi connectivity index (χ1v) is 5.78. The standard InChI is InChI=1S/C12H16N2O2S/c1-3-16-12(15)8(2)14-10-6-4-9(5-7-10)11(13)17/h4-8,14H,3H2,1-2H3,(H2,13,17). The van der Waals surface area contributed by atoms with Crippen LogP contribution in [0.5, 0.6) is 0 Å². The summed E-state index contributed by atoms with van der Waals surface area (Å²) in [6.45, 7) is 3.91. The zero-order chi connectivity index (χ0) is 12.8. The van der Waals surface area contributed by atoms with Gasteiger partial charge in [0, 0.05) is 11.3 Å². The smallest absolute Gasteiger partial charge is 0.328 e. The molecule has 0 fully saturated rings. The molecule has 0 saturated carbocycles. The number of benzene rings is 1. The van der Waals surface area contributed by atoms with Crippen LogP contribution in [0.25, 0.3) is 0 Å². The average Bonchev–Trinajstić information content (AvgIpc) is 2.30. The Kier molecular flexibility index (Phi) is 4.90. The summed E-state index contributed by atoms with van der Waals surface area (Å²) < 4.78 is 4.90. The fourth-order valence-corrected chi connectivity index (χ4v) is 1.44. The van der Waals surface area contributed by atoms with Crippen LogP contribution in [0.1, 0.15) is 19.4 Å². The molecule has 3 N–H and O–H groups in total. The number of hydrogen-bond acceptors (Lipinski definition) is 4. The molecule has 0 spiro atoms. The number of carbonyl (C=O) groups is 1. The van der Waals surface area contributed by atoms with E-state index < -0.39 is 0 Å². The molecule has 1 rings (SSSR count). The van der Waals surface area contributed by atoms with E-state index in [9.17, 15) is 4.79 Å². The molecule has 0 heterocycles. The number of anilines is 1. The van der Waals surface area contributed by atoms with Crippen LogP contribution >= 0.6 is 12.2 Å². The molecule has 92 valence electrons. The lowest BCUT2D eigenvalue weighted by molar-refractivity contribution is -0.143. The summed E-state index contributed by atoms with van der Waals surface area (Å²) in [6.07, 6.45) is 0. The Morgan fingerprint density at radius 3 is 2.53 bits per heavy atom. The normalized spacial score (nSPS) is 11.6. The summed E-state index contributed by atoms with van der Waals surface area (Å²) in [7, 11) is 0. The van der Waals surface area contributed by atoms with Gasteiger partial charge in [-0.05, 0) is 38.1 Å². The van der Waals surface area contributed by atoms with E-state index >= 15 is 0 Å². The number of ether oxygens (including phenoxy) is 1. The zero-order valence-corrected chi connectivity index (χ0v) is 10.7. The molecule has 0 bridgehead atoms. The molecule has 0 aliphatic heterocycles. The molecule has 4 nitrogen and oxygen atoms in total. The number of rotatable bonds is 5. The van der Waals surface area contributed by atoms with Crippen LogP contribution in [0, 0.1) is 0 Å². The van der Waals surface area contributed by atoms with Gasteiger partial charge in [0.05, 0.1) is 6.61 Å². The van der Waals surface area contributed by atoms with E-state index in [1.54, 1.807) is 13.8 Å². The summed E-state index contributed by atoms with van der Waals surface area (Å²) in [6, 6.07) is 6.88. The lowest BCUT2D eigenvalue weighted by atomic mass is 10.2. The molecule has 5 heteroatoms. The predicted molar refractivity (Wildman–Crippen MR) is 72.0 cm³/mol. The number of nitrogens with one attached hydrogen (secondary N) is 1. The van der Waals surface area contributed by atoms with Crippen LogP contribution in [-0.2, 0) is 9.53 Å². The molecule has 0 aliphatic carbocycles. The molecule has 0 radical (unpaired) electrons. The Morgan fingerprint density at radius 2 is 2.06 bits per heavy atom. The van der Waals surface area contributed by atoms with E-state index in [-0.39, 0.29) is 12.0 Å². The van der Waals surface area contributed by atoms with Crippen molar-refractivity contribution in [3.8, 4) is 0 Å². The molecule has 1 unspecified atom stereocenters. The van der Waals surface area contributed by atoms with Gasteiger partial charge in [0.25, 0.3) is 0 Å². The van der Waals surface area contributed by atoms with Crippen molar-refractivity contribution in [3.05, 3.63) is 29.8 Å². The quantitative estimate of drug-likeness (QED) is 0.616. The van der Waals surface area contributed by atoms with E-state index in [0.29, 0.717) is 11.6 Å². The van der Waals surface area contributed by atoms with Crippen LogP contribution in [-0.4, -0.2) is 23.6 Å². The van der Waals surface area contributed by atoms with E-state index in [1.807, 2.05) is 24.3 Å². The lowest BCUT2D eigenvalue weighted by Gasteiger charge is -2.14. The van der Waals surface area contributed by atoms with Gasteiger partial charge in [-0.15, -0.1) is 0 Å². The minimum atomic E-state index is -0.384. The van der Waals surface area contributed by atoms with E-state index in [0.717, 1.165) is 11.3 Å². The summed E-state index contributed by atoms with van der Waals surface area (Å²) in [4.78, 5) is 11.8. The summed E-state index contributed by atoms with van der Waals surface area (Å²) >= 11 is 4.85. The van der Waals surface area contributed by atoms with E-state index in [1.165, 1.54) is 0 Å². The van der Waals surface area contributed by atoms with Gasteiger partial charge in [-0.25, -0.2) is 4.79 Å². The third-order valence-electron chi connectivity index (χ3n) is 2.19. The van der Waals surface area contributed by atoms with Crippen LogP contribution in [0.4, 0.5) is 5.69 Å². The second-order valence-corrected chi connectivity index (χ2v) is 4.00. The third-order valence-corrected chi connectivity index (χ3v) is 2.43. The Morgan fingerprint density at radius 1 is 1.47 bits per heavy atom. The fourth-order valence-electron chi connectivity index (χ4n) is 1.31. The van der Waals surface area contributed by atoms with Gasteiger partial charge >= 0.3 is 5.97 Å². The number of thiocarbonyl (C=S) groups is 1. The molecule has 0 aliphatic rings. The van der Waals surface area contributed by atoms with Crippen molar-refractivity contribution in [1.82, 2.24) is 0 Å². The SMILES string of the molecule is CCOC(=O)C(C)Nc1ccc(C(N)=S)cc1. The second kappa shape index (κ2) is 6.20. The number of hydrogen-bond donors (Lipinski definition) is 2. The van der Waals surface area contributed by atoms with Crippen LogP contribution in [0.15, 0.2) is 24.3 Å². The first-order valence-electron chi connectivity index (χ1n) is 5.37. The monoisotopic (exact) mass is 252 g/mol. The highest BCUT2D eigenvalue weighted by Crippen LogP contribution is 2.11. The second-order valence-electron chi connectivity index (χ2n) is 3.56. The Labute approximate surface area is 106 Å². The number of carbonyl (C=O) groups excluding carboxylic acids is 1. The molecule has 1 aromatic rings. The van der Waals surface area contributed by atoms with Crippen LogP contribution in [0.2, 0.25) is 0 Å². The van der Waals surface area contributed by atoms with Crippen molar-refractivity contribution in [2.75, 3.05) is 11.9 Å².